The molecule has 0 unspecified atom stereocenters. The van der Waals surface area contributed by atoms with Crippen molar-refractivity contribution >= 4 is 40.8 Å². The van der Waals surface area contributed by atoms with Gasteiger partial charge in [0.25, 0.3) is 0 Å². The van der Waals surface area contributed by atoms with E-state index in [1.807, 2.05) is 0 Å². The van der Waals surface area contributed by atoms with Gasteiger partial charge in [-0.3, -0.25) is 9.59 Å². The number of esters is 2. The second-order valence-electron chi connectivity index (χ2n) is 3.67. The van der Waals surface area contributed by atoms with Gasteiger partial charge >= 0.3 is 11.9 Å². The Kier molecular flexibility index (Phi) is 6.04. The van der Waals surface area contributed by atoms with Gasteiger partial charge in [0.1, 0.15) is 5.15 Å². The fourth-order valence-electron chi connectivity index (χ4n) is 1.50. The van der Waals surface area contributed by atoms with Crippen LogP contribution in [0.3, 0.4) is 0 Å². The molecule has 0 bridgehead atoms. The Morgan fingerprint density at radius 2 is 1.75 bits per heavy atom. The van der Waals surface area contributed by atoms with Crippen LogP contribution in [0.15, 0.2) is 6.07 Å². The number of rotatable bonds is 5. The molecule has 6 nitrogen and oxygen atoms in total. The fourth-order valence-corrected chi connectivity index (χ4v) is 1.80. The highest BCUT2D eigenvalue weighted by molar-refractivity contribution is 6.41. The predicted molar refractivity (Wildman–Crippen MR) is 74.7 cm³/mol. The number of nitrogens with two attached hydrogens (primary N) is 1. The zero-order valence-corrected chi connectivity index (χ0v) is 12.5. The van der Waals surface area contributed by atoms with Gasteiger partial charge in [-0.1, -0.05) is 23.2 Å². The van der Waals surface area contributed by atoms with Crippen LogP contribution in [-0.2, 0) is 19.1 Å². The Hall–Kier alpha value is -1.53. The summed E-state index contributed by atoms with van der Waals surface area (Å²) < 4.78 is 9.68. The highest BCUT2D eigenvalue weighted by Gasteiger charge is 2.35. The molecule has 110 valence electrons. The Labute approximate surface area is 126 Å². The van der Waals surface area contributed by atoms with E-state index in [1.54, 1.807) is 13.8 Å². The van der Waals surface area contributed by atoms with E-state index in [-0.39, 0.29) is 34.8 Å². The summed E-state index contributed by atoms with van der Waals surface area (Å²) in [6.07, 6.45) is 0. The Balaban J connectivity index is 3.26. The number of carbonyl (C=O) groups excluding carboxylic acids is 2. The maximum atomic E-state index is 11.9. The van der Waals surface area contributed by atoms with Crippen molar-refractivity contribution in [3.05, 3.63) is 21.9 Å². The number of ether oxygens (including phenoxy) is 2. The van der Waals surface area contributed by atoms with Crippen molar-refractivity contribution in [3.8, 4) is 0 Å². The van der Waals surface area contributed by atoms with E-state index in [0.717, 1.165) is 0 Å². The van der Waals surface area contributed by atoms with E-state index in [0.29, 0.717) is 0 Å². The average Bonchev–Trinajstić information content (AvgIpc) is 2.36. The number of nitrogen functional groups attached to an aromatic ring is 1. The van der Waals surface area contributed by atoms with Gasteiger partial charge in [-0.25, -0.2) is 4.98 Å². The molecule has 0 spiro atoms. The van der Waals surface area contributed by atoms with Crippen LogP contribution in [0.1, 0.15) is 25.5 Å². The van der Waals surface area contributed by atoms with Gasteiger partial charge in [0.2, 0.25) is 0 Å². The van der Waals surface area contributed by atoms with E-state index in [9.17, 15) is 9.59 Å². The molecule has 0 fully saturated rings. The van der Waals surface area contributed by atoms with Gasteiger partial charge in [-0.05, 0) is 19.9 Å². The van der Waals surface area contributed by atoms with Gasteiger partial charge in [-0.15, -0.1) is 0 Å². The molecule has 0 radical (unpaired) electrons. The predicted octanol–water partition coefficient (Wildman–Crippen LogP) is 2.18. The summed E-state index contributed by atoms with van der Waals surface area (Å²) in [5.41, 5.74) is 5.77. The molecule has 0 aliphatic rings. The topological polar surface area (TPSA) is 91.5 Å². The molecular formula is C12H14Cl2N2O4. The lowest BCUT2D eigenvalue weighted by molar-refractivity contribution is -0.157. The smallest absolute Gasteiger partial charge is 0.326 e. The maximum absolute atomic E-state index is 11.9. The monoisotopic (exact) mass is 320 g/mol. The Bertz CT molecular complexity index is 504. The second-order valence-corrected chi connectivity index (χ2v) is 4.44. The number of carbonyl (C=O) groups is 2. The van der Waals surface area contributed by atoms with E-state index in [2.05, 4.69) is 4.98 Å². The van der Waals surface area contributed by atoms with Crippen LogP contribution in [-0.4, -0.2) is 30.1 Å². The molecule has 1 heterocycles. The number of halogens is 2. The van der Waals surface area contributed by atoms with Crippen molar-refractivity contribution in [1.82, 2.24) is 4.98 Å². The summed E-state index contributed by atoms with van der Waals surface area (Å²) in [6.45, 7) is 3.45. The minimum absolute atomic E-state index is 0.0312. The van der Waals surface area contributed by atoms with Crippen LogP contribution in [0.25, 0.3) is 0 Å². The molecule has 20 heavy (non-hydrogen) atoms. The number of pyridine rings is 1. The largest absolute Gasteiger partial charge is 0.465 e. The molecule has 0 aliphatic carbocycles. The zero-order chi connectivity index (χ0) is 15.3. The summed E-state index contributed by atoms with van der Waals surface area (Å²) in [6, 6.07) is 1.32. The molecule has 8 heteroatoms. The van der Waals surface area contributed by atoms with Gasteiger partial charge in [0, 0.05) is 0 Å². The van der Waals surface area contributed by atoms with Crippen molar-refractivity contribution in [2.24, 2.45) is 0 Å². The van der Waals surface area contributed by atoms with E-state index in [4.69, 9.17) is 38.4 Å². The van der Waals surface area contributed by atoms with Gasteiger partial charge in [0.05, 0.1) is 29.6 Å². The standard InChI is InChI=1S/C12H14Cl2N2O4/c1-3-19-11(17)8(12(18)20-4-2)9-7(15)5-6(13)10(14)16-9/h5,8H,3-4,15H2,1-2H3. The first kappa shape index (κ1) is 16.5. The van der Waals surface area contributed by atoms with E-state index < -0.39 is 17.9 Å². The minimum atomic E-state index is -1.38. The highest BCUT2D eigenvalue weighted by Crippen LogP contribution is 2.30. The van der Waals surface area contributed by atoms with Crippen molar-refractivity contribution in [1.29, 1.82) is 0 Å². The molecule has 0 atom stereocenters. The highest BCUT2D eigenvalue weighted by atomic mass is 35.5. The summed E-state index contributed by atoms with van der Waals surface area (Å²) in [5, 5.41) is 0.0637. The van der Waals surface area contributed by atoms with Crippen LogP contribution in [0.5, 0.6) is 0 Å². The molecule has 1 aromatic heterocycles. The SMILES string of the molecule is CCOC(=O)C(C(=O)OCC)c1nc(Cl)c(Cl)cc1N. The summed E-state index contributed by atoms with van der Waals surface area (Å²) in [4.78, 5) is 27.7. The first-order chi connectivity index (χ1) is 9.42. The number of nitrogens with zero attached hydrogens (tertiary/aromatic N) is 1. The van der Waals surface area contributed by atoms with Gasteiger partial charge < -0.3 is 15.2 Å². The zero-order valence-electron chi connectivity index (χ0n) is 11.0. The number of aromatic nitrogens is 1. The van der Waals surface area contributed by atoms with Crippen LogP contribution >= 0.6 is 23.2 Å². The summed E-state index contributed by atoms with van der Waals surface area (Å²) in [7, 11) is 0. The number of hydrogen-bond donors (Lipinski definition) is 1. The van der Waals surface area contributed by atoms with Crippen molar-refractivity contribution < 1.29 is 19.1 Å². The number of hydrogen-bond acceptors (Lipinski definition) is 6. The molecule has 1 aromatic rings. The number of anilines is 1. The lowest BCUT2D eigenvalue weighted by atomic mass is 10.0. The normalized spacial score (nSPS) is 10.4. The Morgan fingerprint density at radius 3 is 2.20 bits per heavy atom. The maximum Gasteiger partial charge on any atom is 0.326 e. The van der Waals surface area contributed by atoms with Crippen molar-refractivity contribution in [3.63, 3.8) is 0 Å². The lowest BCUT2D eigenvalue weighted by Crippen LogP contribution is -2.28. The van der Waals surface area contributed by atoms with Crippen LogP contribution in [0.4, 0.5) is 5.69 Å². The Morgan fingerprint density at radius 1 is 1.25 bits per heavy atom. The third-order valence-corrected chi connectivity index (χ3v) is 2.98. The van der Waals surface area contributed by atoms with Crippen LogP contribution < -0.4 is 5.73 Å². The van der Waals surface area contributed by atoms with Crippen molar-refractivity contribution in [2.75, 3.05) is 18.9 Å². The van der Waals surface area contributed by atoms with Crippen molar-refractivity contribution in [2.45, 2.75) is 19.8 Å². The minimum Gasteiger partial charge on any atom is -0.465 e. The fraction of sp³-hybridized carbons (Fsp3) is 0.417. The second kappa shape index (κ2) is 7.31. The third kappa shape index (κ3) is 3.74. The lowest BCUT2D eigenvalue weighted by Gasteiger charge is -2.16. The summed E-state index contributed by atoms with van der Waals surface area (Å²) in [5.74, 6) is -2.99. The van der Waals surface area contributed by atoms with Crippen LogP contribution in [0.2, 0.25) is 10.2 Å². The molecule has 1 rings (SSSR count). The first-order valence-electron chi connectivity index (χ1n) is 5.87. The molecule has 0 amide bonds. The van der Waals surface area contributed by atoms with Gasteiger partial charge in [-0.2, -0.15) is 0 Å². The summed E-state index contributed by atoms with van der Waals surface area (Å²) >= 11 is 11.6. The van der Waals surface area contributed by atoms with E-state index >= 15 is 0 Å². The molecular weight excluding hydrogens is 307 g/mol. The van der Waals surface area contributed by atoms with E-state index in [1.165, 1.54) is 6.07 Å². The first-order valence-corrected chi connectivity index (χ1v) is 6.62. The molecule has 0 saturated heterocycles. The molecule has 0 aromatic carbocycles. The molecule has 0 aliphatic heterocycles. The van der Waals surface area contributed by atoms with Gasteiger partial charge in [0.15, 0.2) is 5.92 Å². The average molecular weight is 321 g/mol. The molecule has 2 N–H and O–H groups in total. The third-order valence-electron chi connectivity index (χ3n) is 2.31. The molecule has 0 saturated carbocycles. The quantitative estimate of drug-likeness (QED) is 0.508. The van der Waals surface area contributed by atoms with Crippen LogP contribution in [0, 0.1) is 0 Å².